The zero-order chi connectivity index (χ0) is 21.3. The summed E-state index contributed by atoms with van der Waals surface area (Å²) in [5.74, 6) is -0.620. The first-order valence-electron chi connectivity index (χ1n) is 9.29. The van der Waals surface area contributed by atoms with Gasteiger partial charge in [-0.15, -0.1) is 0 Å². The van der Waals surface area contributed by atoms with Crippen LogP contribution in [0.3, 0.4) is 0 Å². The van der Waals surface area contributed by atoms with Crippen LogP contribution in [0.5, 0.6) is 0 Å². The monoisotopic (exact) mass is 413 g/mol. The van der Waals surface area contributed by atoms with E-state index in [1.807, 2.05) is 6.07 Å². The molecule has 3 rings (SSSR count). The Labute approximate surface area is 172 Å². The first-order valence-corrected chi connectivity index (χ1v) is 10.2. The summed E-state index contributed by atoms with van der Waals surface area (Å²) in [5, 5.41) is 0.482. The van der Waals surface area contributed by atoms with Crippen molar-refractivity contribution in [2.75, 3.05) is 6.61 Å². The van der Waals surface area contributed by atoms with Gasteiger partial charge in [-0.3, -0.25) is 14.2 Å². The second-order valence-electron chi connectivity index (χ2n) is 6.75. The number of carbonyl (C=O) groups excluding carboxylic acids is 2. The number of Topliss-reactive ketones (excluding diaryl/α,β-unsaturated/α-hetero) is 1. The van der Waals surface area contributed by atoms with Gasteiger partial charge in [0, 0.05) is 12.7 Å². The second kappa shape index (κ2) is 8.24. The summed E-state index contributed by atoms with van der Waals surface area (Å²) in [6.07, 6.45) is 0. The third kappa shape index (κ3) is 3.85. The van der Waals surface area contributed by atoms with E-state index >= 15 is 0 Å². The van der Waals surface area contributed by atoms with E-state index in [1.54, 1.807) is 52.9 Å². The van der Waals surface area contributed by atoms with Crippen LogP contribution in [0.1, 0.15) is 46.0 Å². The Morgan fingerprint density at radius 3 is 2.66 bits per heavy atom. The first-order chi connectivity index (χ1) is 13.8. The fourth-order valence-corrected chi connectivity index (χ4v) is 4.16. The Bertz CT molecular complexity index is 1160. The number of hydrogen-bond donors (Lipinski definition) is 1. The van der Waals surface area contributed by atoms with Crippen LogP contribution >= 0.6 is 11.8 Å². The number of aromatic nitrogens is 3. The average Bonchev–Trinajstić information content (AvgIpc) is 2.99. The molecule has 0 spiro atoms. The topological polar surface area (TPSA) is 94.1 Å². The minimum absolute atomic E-state index is 0.158. The zero-order valence-electron chi connectivity index (χ0n) is 17.0. The number of H-pyrrole nitrogens is 1. The highest BCUT2D eigenvalue weighted by Gasteiger charge is 2.27. The van der Waals surface area contributed by atoms with Crippen LogP contribution in [0.2, 0.25) is 0 Å². The van der Waals surface area contributed by atoms with Crippen molar-refractivity contribution >= 4 is 34.4 Å². The summed E-state index contributed by atoms with van der Waals surface area (Å²) in [7, 11) is 1.64. The van der Waals surface area contributed by atoms with E-state index in [9.17, 15) is 14.4 Å². The molecule has 0 aliphatic carbocycles. The van der Waals surface area contributed by atoms with Gasteiger partial charge >= 0.3 is 5.97 Å². The van der Waals surface area contributed by atoms with E-state index in [-0.39, 0.29) is 17.9 Å². The summed E-state index contributed by atoms with van der Waals surface area (Å²) in [5.41, 5.74) is 2.36. The van der Waals surface area contributed by atoms with Gasteiger partial charge in [0.25, 0.3) is 5.56 Å². The molecule has 0 bridgehead atoms. The molecule has 29 heavy (non-hydrogen) atoms. The molecule has 7 nitrogen and oxygen atoms in total. The van der Waals surface area contributed by atoms with E-state index < -0.39 is 11.2 Å². The van der Waals surface area contributed by atoms with Crippen molar-refractivity contribution < 1.29 is 14.3 Å². The van der Waals surface area contributed by atoms with Crippen molar-refractivity contribution in [1.82, 2.24) is 14.5 Å². The van der Waals surface area contributed by atoms with E-state index in [1.165, 1.54) is 16.3 Å². The Balaban J connectivity index is 1.92. The van der Waals surface area contributed by atoms with Gasteiger partial charge in [0.1, 0.15) is 0 Å². The zero-order valence-corrected chi connectivity index (χ0v) is 17.8. The maximum Gasteiger partial charge on any atom is 0.340 e. The predicted molar refractivity (Wildman–Crippen MR) is 113 cm³/mol. The van der Waals surface area contributed by atoms with Crippen LogP contribution in [0, 0.1) is 13.8 Å². The quantitative estimate of drug-likeness (QED) is 0.288. The molecule has 0 saturated carbocycles. The molecular weight excluding hydrogens is 390 g/mol. The number of thioether (sulfide) groups is 1. The molecule has 0 aliphatic heterocycles. The van der Waals surface area contributed by atoms with Crippen LogP contribution < -0.4 is 5.56 Å². The number of rotatable bonds is 6. The molecule has 0 aliphatic rings. The van der Waals surface area contributed by atoms with Crippen LogP contribution in [0.25, 0.3) is 10.9 Å². The molecule has 1 N–H and O–H groups in total. The molecule has 1 atom stereocenters. The highest BCUT2D eigenvalue weighted by Crippen LogP contribution is 2.27. The van der Waals surface area contributed by atoms with Gasteiger partial charge in [0.2, 0.25) is 0 Å². The lowest BCUT2D eigenvalue weighted by Crippen LogP contribution is -2.22. The Morgan fingerprint density at radius 1 is 1.28 bits per heavy atom. The molecule has 0 radical (unpaired) electrons. The normalized spacial score (nSPS) is 12.2. The number of esters is 1. The van der Waals surface area contributed by atoms with E-state index in [4.69, 9.17) is 4.74 Å². The molecule has 0 fully saturated rings. The number of aryl methyl sites for hydroxylation is 1. The number of ketones is 1. The molecule has 2 aromatic heterocycles. The third-order valence-corrected chi connectivity index (χ3v) is 5.90. The molecule has 0 saturated heterocycles. The van der Waals surface area contributed by atoms with Gasteiger partial charge in [0.15, 0.2) is 10.9 Å². The Morgan fingerprint density at radius 2 is 1.97 bits per heavy atom. The van der Waals surface area contributed by atoms with Gasteiger partial charge in [-0.1, -0.05) is 23.9 Å². The van der Waals surface area contributed by atoms with Crippen LogP contribution in [-0.4, -0.2) is 38.1 Å². The van der Waals surface area contributed by atoms with Crippen molar-refractivity contribution in [3.8, 4) is 0 Å². The number of benzene rings is 1. The molecule has 3 aromatic rings. The summed E-state index contributed by atoms with van der Waals surface area (Å²) in [6.45, 7) is 7.22. The molecular formula is C21H23N3O4S. The smallest absolute Gasteiger partial charge is 0.340 e. The number of fused-ring (bicyclic) bond motifs is 1. The first kappa shape index (κ1) is 20.9. The SMILES string of the molecule is CCOC(=O)c1c(C)[nH]c(C(=O)C(C)Sc2nc3ccccc3c(=O)n2C)c1C. The molecule has 0 amide bonds. The van der Waals surface area contributed by atoms with E-state index in [0.29, 0.717) is 38.6 Å². The van der Waals surface area contributed by atoms with Gasteiger partial charge < -0.3 is 9.72 Å². The molecule has 1 unspecified atom stereocenters. The number of aromatic amines is 1. The van der Waals surface area contributed by atoms with Gasteiger partial charge in [-0.25, -0.2) is 9.78 Å². The summed E-state index contributed by atoms with van der Waals surface area (Å²) in [4.78, 5) is 45.4. The number of nitrogens with one attached hydrogen (secondary N) is 1. The number of ether oxygens (including phenoxy) is 1. The lowest BCUT2D eigenvalue weighted by atomic mass is 10.1. The van der Waals surface area contributed by atoms with E-state index in [2.05, 4.69) is 9.97 Å². The van der Waals surface area contributed by atoms with Gasteiger partial charge in [-0.05, 0) is 45.4 Å². The van der Waals surface area contributed by atoms with Gasteiger partial charge in [-0.2, -0.15) is 0 Å². The van der Waals surface area contributed by atoms with Crippen molar-refractivity contribution in [2.24, 2.45) is 7.05 Å². The fraction of sp³-hybridized carbons (Fsp3) is 0.333. The van der Waals surface area contributed by atoms with Crippen LogP contribution in [0.15, 0.2) is 34.2 Å². The number of nitrogens with zero attached hydrogens (tertiary/aromatic N) is 2. The van der Waals surface area contributed by atoms with Crippen LogP contribution in [0.4, 0.5) is 0 Å². The predicted octanol–water partition coefficient (Wildman–Crippen LogP) is 3.42. The third-order valence-electron chi connectivity index (χ3n) is 4.76. The van der Waals surface area contributed by atoms with Crippen LogP contribution in [-0.2, 0) is 11.8 Å². The standard InChI is InChI=1S/C21H23N3O4S/c1-6-28-20(27)16-11(2)17(22-12(16)3)18(25)13(4)29-21-23-15-10-8-7-9-14(15)19(26)24(21)5/h7-10,13,22H,6H2,1-5H3. The Kier molecular flexibility index (Phi) is 5.93. The largest absolute Gasteiger partial charge is 0.462 e. The second-order valence-corrected chi connectivity index (χ2v) is 8.05. The number of hydrogen-bond acceptors (Lipinski definition) is 6. The number of carbonyl (C=O) groups is 2. The minimum Gasteiger partial charge on any atom is -0.462 e. The van der Waals surface area contributed by atoms with Crippen molar-refractivity contribution in [3.05, 3.63) is 57.1 Å². The maximum absolute atomic E-state index is 13.1. The lowest BCUT2D eigenvalue weighted by Gasteiger charge is -2.13. The molecule has 152 valence electrons. The van der Waals surface area contributed by atoms with E-state index in [0.717, 1.165) is 0 Å². The summed E-state index contributed by atoms with van der Waals surface area (Å²) < 4.78 is 6.54. The summed E-state index contributed by atoms with van der Waals surface area (Å²) in [6, 6.07) is 7.12. The van der Waals surface area contributed by atoms with Crippen molar-refractivity contribution in [2.45, 2.75) is 38.1 Å². The minimum atomic E-state index is -0.513. The molecule has 2 heterocycles. The van der Waals surface area contributed by atoms with Gasteiger partial charge in [0.05, 0.1) is 34.0 Å². The highest BCUT2D eigenvalue weighted by atomic mass is 32.2. The summed E-state index contributed by atoms with van der Waals surface area (Å²) >= 11 is 1.21. The Hall–Kier alpha value is -2.87. The van der Waals surface area contributed by atoms with Crippen molar-refractivity contribution in [1.29, 1.82) is 0 Å². The number of para-hydroxylation sites is 1. The molecule has 1 aromatic carbocycles. The molecule has 8 heteroatoms. The van der Waals surface area contributed by atoms with Crippen molar-refractivity contribution in [3.63, 3.8) is 0 Å². The highest BCUT2D eigenvalue weighted by molar-refractivity contribution is 8.00. The fourth-order valence-electron chi connectivity index (χ4n) is 3.22. The maximum atomic E-state index is 13.1. The lowest BCUT2D eigenvalue weighted by molar-refractivity contribution is 0.0525. The average molecular weight is 413 g/mol.